The SMILES string of the molecule is CNS(=O)(=O)c1ccc(CNC(=O)NC(C)c2cccnc2)cc1. The van der Waals surface area contributed by atoms with E-state index in [0.717, 1.165) is 11.1 Å². The molecule has 1 aromatic heterocycles. The summed E-state index contributed by atoms with van der Waals surface area (Å²) in [5.74, 6) is 0. The Labute approximate surface area is 141 Å². The molecule has 128 valence electrons. The molecule has 2 rings (SSSR count). The molecule has 0 aliphatic carbocycles. The van der Waals surface area contributed by atoms with Crippen molar-refractivity contribution >= 4 is 16.1 Å². The van der Waals surface area contributed by atoms with Crippen molar-refractivity contribution in [2.45, 2.75) is 24.4 Å². The average molecular weight is 348 g/mol. The zero-order valence-electron chi connectivity index (χ0n) is 13.5. The lowest BCUT2D eigenvalue weighted by atomic mass is 10.1. The lowest BCUT2D eigenvalue weighted by Gasteiger charge is -2.14. The highest BCUT2D eigenvalue weighted by Crippen LogP contribution is 2.11. The molecule has 0 aliphatic rings. The van der Waals surface area contributed by atoms with Crippen molar-refractivity contribution in [1.82, 2.24) is 20.3 Å². The maximum atomic E-state index is 11.9. The molecule has 1 atom stereocenters. The van der Waals surface area contributed by atoms with Crippen molar-refractivity contribution in [3.05, 3.63) is 59.9 Å². The number of amides is 2. The standard InChI is InChI=1S/C16H20N4O3S/c1-12(14-4-3-9-18-11-14)20-16(21)19-10-13-5-7-15(8-6-13)24(22,23)17-2/h3-9,11-12,17H,10H2,1-2H3,(H2,19,20,21). The Balaban J connectivity index is 1.88. The number of hydrogen-bond acceptors (Lipinski definition) is 4. The van der Waals surface area contributed by atoms with Gasteiger partial charge in [0.2, 0.25) is 10.0 Å². The number of rotatable bonds is 6. The molecule has 2 amide bonds. The molecule has 0 radical (unpaired) electrons. The van der Waals surface area contributed by atoms with Crippen molar-refractivity contribution in [2.24, 2.45) is 0 Å². The second-order valence-electron chi connectivity index (χ2n) is 5.19. The van der Waals surface area contributed by atoms with E-state index in [4.69, 9.17) is 0 Å². The van der Waals surface area contributed by atoms with Crippen molar-refractivity contribution in [1.29, 1.82) is 0 Å². The van der Waals surface area contributed by atoms with Gasteiger partial charge in [-0.25, -0.2) is 17.9 Å². The van der Waals surface area contributed by atoms with Crippen molar-refractivity contribution in [3.8, 4) is 0 Å². The van der Waals surface area contributed by atoms with Gasteiger partial charge in [-0.1, -0.05) is 18.2 Å². The molecule has 0 spiro atoms. The van der Waals surface area contributed by atoms with E-state index in [1.807, 2.05) is 19.1 Å². The lowest BCUT2D eigenvalue weighted by molar-refractivity contribution is 0.237. The van der Waals surface area contributed by atoms with Crippen LogP contribution in [0.25, 0.3) is 0 Å². The fraction of sp³-hybridized carbons (Fsp3) is 0.250. The van der Waals surface area contributed by atoms with Crippen molar-refractivity contribution in [2.75, 3.05) is 7.05 Å². The summed E-state index contributed by atoms with van der Waals surface area (Å²) < 4.78 is 25.5. The number of sulfonamides is 1. The molecule has 0 aliphatic heterocycles. The highest BCUT2D eigenvalue weighted by Gasteiger charge is 2.11. The van der Waals surface area contributed by atoms with Gasteiger partial charge >= 0.3 is 6.03 Å². The number of hydrogen-bond donors (Lipinski definition) is 3. The minimum absolute atomic E-state index is 0.165. The largest absolute Gasteiger partial charge is 0.334 e. The molecular formula is C16H20N4O3S. The van der Waals surface area contributed by atoms with Gasteiger partial charge in [-0.05, 0) is 43.3 Å². The first-order chi connectivity index (χ1) is 11.4. The zero-order chi connectivity index (χ0) is 17.6. The fourth-order valence-corrected chi connectivity index (χ4v) is 2.78. The highest BCUT2D eigenvalue weighted by molar-refractivity contribution is 7.89. The molecule has 0 saturated carbocycles. The second kappa shape index (κ2) is 7.89. The summed E-state index contributed by atoms with van der Waals surface area (Å²) in [5.41, 5.74) is 1.71. The molecule has 0 saturated heterocycles. The number of benzene rings is 1. The van der Waals surface area contributed by atoms with E-state index in [9.17, 15) is 13.2 Å². The maximum Gasteiger partial charge on any atom is 0.315 e. The number of pyridine rings is 1. The Hall–Kier alpha value is -2.45. The molecule has 0 bridgehead atoms. The van der Waals surface area contributed by atoms with E-state index >= 15 is 0 Å². The van der Waals surface area contributed by atoms with E-state index in [0.29, 0.717) is 6.54 Å². The molecule has 24 heavy (non-hydrogen) atoms. The number of nitrogens with zero attached hydrogens (tertiary/aromatic N) is 1. The van der Waals surface area contributed by atoms with Crippen molar-refractivity contribution < 1.29 is 13.2 Å². The third-order valence-electron chi connectivity index (χ3n) is 3.49. The second-order valence-corrected chi connectivity index (χ2v) is 7.07. The Kier molecular flexibility index (Phi) is 5.88. The van der Waals surface area contributed by atoms with Gasteiger partial charge in [0, 0.05) is 18.9 Å². The van der Waals surface area contributed by atoms with Gasteiger partial charge in [0.25, 0.3) is 0 Å². The Morgan fingerprint density at radius 3 is 2.50 bits per heavy atom. The number of aromatic nitrogens is 1. The average Bonchev–Trinajstić information content (AvgIpc) is 2.61. The molecule has 1 unspecified atom stereocenters. The molecule has 1 heterocycles. The summed E-state index contributed by atoms with van der Waals surface area (Å²) in [7, 11) is -2.09. The maximum absolute atomic E-state index is 11.9. The van der Waals surface area contributed by atoms with Crippen LogP contribution < -0.4 is 15.4 Å². The third-order valence-corrected chi connectivity index (χ3v) is 4.92. The van der Waals surface area contributed by atoms with Crippen LogP contribution in [-0.4, -0.2) is 26.5 Å². The van der Waals surface area contributed by atoms with Gasteiger partial charge in [0.15, 0.2) is 0 Å². The van der Waals surface area contributed by atoms with Gasteiger partial charge in [-0.15, -0.1) is 0 Å². The molecule has 0 fully saturated rings. The number of urea groups is 1. The van der Waals surface area contributed by atoms with Crippen LogP contribution in [0.1, 0.15) is 24.1 Å². The fourth-order valence-electron chi connectivity index (χ4n) is 2.05. The monoisotopic (exact) mass is 348 g/mol. The van der Waals surface area contributed by atoms with E-state index in [2.05, 4.69) is 20.3 Å². The molecule has 7 nitrogen and oxygen atoms in total. The van der Waals surface area contributed by atoms with Gasteiger partial charge in [-0.2, -0.15) is 0 Å². The van der Waals surface area contributed by atoms with Crippen LogP contribution in [0.3, 0.4) is 0 Å². The zero-order valence-corrected chi connectivity index (χ0v) is 14.3. The number of nitrogens with one attached hydrogen (secondary N) is 3. The predicted molar refractivity (Wildman–Crippen MR) is 90.7 cm³/mol. The molecule has 2 aromatic rings. The summed E-state index contributed by atoms with van der Waals surface area (Å²) in [4.78, 5) is 16.1. The Bertz CT molecular complexity index is 777. The summed E-state index contributed by atoms with van der Waals surface area (Å²) in [6.07, 6.45) is 3.38. The van der Waals surface area contributed by atoms with Crippen LogP contribution >= 0.6 is 0 Å². The van der Waals surface area contributed by atoms with E-state index in [-0.39, 0.29) is 17.0 Å². The first-order valence-electron chi connectivity index (χ1n) is 7.39. The smallest absolute Gasteiger partial charge is 0.315 e. The van der Waals surface area contributed by atoms with Gasteiger partial charge in [-0.3, -0.25) is 4.98 Å². The number of carbonyl (C=O) groups is 1. The van der Waals surface area contributed by atoms with Gasteiger partial charge in [0.1, 0.15) is 0 Å². The minimum atomic E-state index is -3.45. The summed E-state index contributed by atoms with van der Waals surface area (Å²) in [5, 5.41) is 5.55. The van der Waals surface area contributed by atoms with Crippen LogP contribution in [0.2, 0.25) is 0 Å². The number of carbonyl (C=O) groups excluding carboxylic acids is 1. The summed E-state index contributed by atoms with van der Waals surface area (Å²) in [6.45, 7) is 2.17. The van der Waals surface area contributed by atoms with E-state index in [1.54, 1.807) is 24.5 Å². The van der Waals surface area contributed by atoms with Crippen LogP contribution in [0.5, 0.6) is 0 Å². The molecule has 1 aromatic carbocycles. The summed E-state index contributed by atoms with van der Waals surface area (Å²) in [6, 6.07) is 9.55. The summed E-state index contributed by atoms with van der Waals surface area (Å²) >= 11 is 0. The topological polar surface area (TPSA) is 100 Å². The highest BCUT2D eigenvalue weighted by atomic mass is 32.2. The molecule has 8 heteroatoms. The third kappa shape index (κ3) is 4.77. The Morgan fingerprint density at radius 2 is 1.92 bits per heavy atom. The first kappa shape index (κ1) is 17.9. The van der Waals surface area contributed by atoms with Crippen LogP contribution in [0.4, 0.5) is 4.79 Å². The first-order valence-corrected chi connectivity index (χ1v) is 8.87. The van der Waals surface area contributed by atoms with Gasteiger partial charge in [0.05, 0.1) is 10.9 Å². The molecule has 3 N–H and O–H groups in total. The minimum Gasteiger partial charge on any atom is -0.334 e. The lowest BCUT2D eigenvalue weighted by Crippen LogP contribution is -2.36. The predicted octanol–water partition coefficient (Wildman–Crippen LogP) is 1.55. The quantitative estimate of drug-likeness (QED) is 0.737. The van der Waals surface area contributed by atoms with Crippen LogP contribution in [0.15, 0.2) is 53.7 Å². The van der Waals surface area contributed by atoms with Gasteiger partial charge < -0.3 is 10.6 Å². The van der Waals surface area contributed by atoms with E-state index < -0.39 is 10.0 Å². The van der Waals surface area contributed by atoms with Crippen LogP contribution in [0, 0.1) is 0 Å². The molecular weight excluding hydrogens is 328 g/mol. The normalized spacial score (nSPS) is 12.4. The van der Waals surface area contributed by atoms with E-state index in [1.165, 1.54) is 19.2 Å². The van der Waals surface area contributed by atoms with Crippen LogP contribution in [-0.2, 0) is 16.6 Å². The van der Waals surface area contributed by atoms with Crippen molar-refractivity contribution in [3.63, 3.8) is 0 Å². The Morgan fingerprint density at radius 1 is 1.21 bits per heavy atom.